The maximum Gasteiger partial charge on any atom is 0.266 e. The zero-order valence-corrected chi connectivity index (χ0v) is 18.9. The summed E-state index contributed by atoms with van der Waals surface area (Å²) in [5.41, 5.74) is -0.114. The molecule has 3 aromatic rings. The van der Waals surface area contributed by atoms with Crippen LogP contribution < -0.4 is 10.9 Å². The highest BCUT2D eigenvalue weighted by molar-refractivity contribution is 7.99. The van der Waals surface area contributed by atoms with E-state index in [0.717, 1.165) is 24.6 Å². The number of aromatic nitrogens is 2. The Morgan fingerprint density at radius 2 is 1.94 bits per heavy atom. The molecule has 0 saturated heterocycles. The van der Waals surface area contributed by atoms with E-state index in [0.29, 0.717) is 31.8 Å². The van der Waals surface area contributed by atoms with Crippen molar-refractivity contribution in [1.82, 2.24) is 14.9 Å². The summed E-state index contributed by atoms with van der Waals surface area (Å²) in [4.78, 5) is 30.4. The van der Waals surface area contributed by atoms with E-state index >= 15 is 0 Å². The van der Waals surface area contributed by atoms with Crippen LogP contribution in [0.3, 0.4) is 0 Å². The molecule has 158 valence electrons. The molecule has 0 radical (unpaired) electrons. The standard InChI is InChI=1S/C22H18Cl2N4O2S/c1-22(12-25,13-2-3-13)27-19(29)11-31-21-26-18-10-15(24)6-9-17(18)20(30)28(21)16-7-4-14(23)5-8-16/h4-10,13H,2-3,11H2,1H3,(H,27,29). The summed E-state index contributed by atoms with van der Waals surface area (Å²) in [5.74, 6) is -0.0977. The molecule has 6 nitrogen and oxygen atoms in total. The van der Waals surface area contributed by atoms with Crippen molar-refractivity contribution in [3.63, 3.8) is 0 Å². The van der Waals surface area contributed by atoms with Gasteiger partial charge in [-0.15, -0.1) is 0 Å². The molecule has 1 aliphatic rings. The average Bonchev–Trinajstić information content (AvgIpc) is 3.59. The molecular formula is C22H18Cl2N4O2S. The van der Waals surface area contributed by atoms with Crippen molar-refractivity contribution < 1.29 is 4.79 Å². The van der Waals surface area contributed by atoms with Crippen LogP contribution in [0.1, 0.15) is 19.8 Å². The van der Waals surface area contributed by atoms with E-state index in [1.165, 1.54) is 4.57 Å². The summed E-state index contributed by atoms with van der Waals surface area (Å²) < 4.78 is 1.45. The number of nitriles is 1. The van der Waals surface area contributed by atoms with Crippen molar-refractivity contribution >= 4 is 51.8 Å². The van der Waals surface area contributed by atoms with Gasteiger partial charge in [-0.25, -0.2) is 4.98 Å². The van der Waals surface area contributed by atoms with E-state index in [4.69, 9.17) is 23.2 Å². The topological polar surface area (TPSA) is 87.8 Å². The Morgan fingerprint density at radius 1 is 1.26 bits per heavy atom. The summed E-state index contributed by atoms with van der Waals surface area (Å²) in [6, 6.07) is 13.9. The molecule has 0 bridgehead atoms. The van der Waals surface area contributed by atoms with E-state index in [1.54, 1.807) is 49.4 Å². The summed E-state index contributed by atoms with van der Waals surface area (Å²) in [7, 11) is 0. The third-order valence-electron chi connectivity index (χ3n) is 5.24. The first-order chi connectivity index (χ1) is 14.8. The Bertz CT molecular complexity index is 1270. The van der Waals surface area contributed by atoms with Gasteiger partial charge in [0.25, 0.3) is 5.56 Å². The maximum absolute atomic E-state index is 13.3. The van der Waals surface area contributed by atoms with Crippen molar-refractivity contribution in [2.45, 2.75) is 30.5 Å². The molecule has 2 aromatic carbocycles. The van der Waals surface area contributed by atoms with Gasteiger partial charge in [0.1, 0.15) is 5.54 Å². The van der Waals surface area contributed by atoms with Gasteiger partial charge >= 0.3 is 0 Å². The lowest BCUT2D eigenvalue weighted by molar-refractivity contribution is -0.119. The highest BCUT2D eigenvalue weighted by Gasteiger charge is 2.43. The Kier molecular flexibility index (Phi) is 5.98. The quantitative estimate of drug-likeness (QED) is 0.418. The van der Waals surface area contributed by atoms with Crippen molar-refractivity contribution in [1.29, 1.82) is 5.26 Å². The monoisotopic (exact) mass is 472 g/mol. The fourth-order valence-corrected chi connectivity index (χ4v) is 4.50. The molecule has 1 saturated carbocycles. The van der Waals surface area contributed by atoms with Gasteiger partial charge in [0.2, 0.25) is 5.91 Å². The van der Waals surface area contributed by atoms with Crippen LogP contribution in [-0.4, -0.2) is 26.8 Å². The molecule has 1 aliphatic carbocycles. The highest BCUT2D eigenvalue weighted by atomic mass is 35.5. The predicted octanol–water partition coefficient (Wildman–Crippen LogP) is 4.59. The van der Waals surface area contributed by atoms with Crippen molar-refractivity contribution in [2.75, 3.05) is 5.75 Å². The normalized spacial score (nSPS) is 15.3. The molecule has 1 amide bonds. The molecule has 1 atom stereocenters. The molecule has 1 N–H and O–H groups in total. The fraction of sp³-hybridized carbons (Fsp3) is 0.273. The van der Waals surface area contributed by atoms with Crippen LogP contribution >= 0.6 is 35.0 Å². The minimum absolute atomic E-state index is 0.0100. The first-order valence-electron chi connectivity index (χ1n) is 9.64. The number of nitrogens with zero attached hydrogens (tertiary/aromatic N) is 3. The maximum atomic E-state index is 13.3. The Labute approximate surface area is 193 Å². The van der Waals surface area contributed by atoms with Crippen LogP contribution in [0.5, 0.6) is 0 Å². The fourth-order valence-electron chi connectivity index (χ4n) is 3.39. The smallest absolute Gasteiger partial charge is 0.266 e. The number of rotatable bonds is 6. The Hall–Kier alpha value is -2.53. The van der Waals surface area contributed by atoms with Crippen molar-refractivity contribution in [3.8, 4) is 11.8 Å². The highest BCUT2D eigenvalue weighted by Crippen LogP contribution is 2.39. The second-order valence-electron chi connectivity index (χ2n) is 7.60. The van der Waals surface area contributed by atoms with Crippen LogP contribution in [0.2, 0.25) is 10.0 Å². The summed E-state index contributed by atoms with van der Waals surface area (Å²) in [6.45, 7) is 1.74. The lowest BCUT2D eigenvalue weighted by atomic mass is 9.98. The van der Waals surface area contributed by atoms with Crippen LogP contribution in [-0.2, 0) is 4.79 Å². The third kappa shape index (κ3) is 4.57. The Morgan fingerprint density at radius 3 is 2.58 bits per heavy atom. The van der Waals surface area contributed by atoms with E-state index in [1.807, 2.05) is 0 Å². The minimum atomic E-state index is -0.877. The van der Waals surface area contributed by atoms with E-state index in [2.05, 4.69) is 16.4 Å². The van der Waals surface area contributed by atoms with Crippen LogP contribution in [0.15, 0.2) is 52.4 Å². The van der Waals surface area contributed by atoms with Gasteiger partial charge in [0.15, 0.2) is 5.16 Å². The summed E-state index contributed by atoms with van der Waals surface area (Å²) >= 11 is 13.2. The molecule has 0 aliphatic heterocycles. The van der Waals surface area contributed by atoms with Crippen LogP contribution in [0.25, 0.3) is 16.6 Å². The number of hydrogen-bond donors (Lipinski definition) is 1. The van der Waals surface area contributed by atoms with Gasteiger partial charge in [0.05, 0.1) is 28.4 Å². The third-order valence-corrected chi connectivity index (χ3v) is 6.67. The lowest BCUT2D eigenvalue weighted by Crippen LogP contribution is -2.47. The second-order valence-corrected chi connectivity index (χ2v) is 9.41. The van der Waals surface area contributed by atoms with E-state index in [-0.39, 0.29) is 23.1 Å². The molecule has 1 fully saturated rings. The second kappa shape index (κ2) is 8.54. The minimum Gasteiger partial charge on any atom is -0.337 e. The van der Waals surface area contributed by atoms with E-state index in [9.17, 15) is 14.9 Å². The predicted molar refractivity (Wildman–Crippen MR) is 123 cm³/mol. The van der Waals surface area contributed by atoms with Crippen LogP contribution in [0.4, 0.5) is 0 Å². The first-order valence-corrected chi connectivity index (χ1v) is 11.4. The van der Waals surface area contributed by atoms with Crippen molar-refractivity contribution in [3.05, 3.63) is 62.9 Å². The van der Waals surface area contributed by atoms with E-state index < -0.39 is 5.54 Å². The summed E-state index contributed by atoms with van der Waals surface area (Å²) in [6.07, 6.45) is 1.86. The number of nitrogens with one attached hydrogen (secondary N) is 1. The molecular weight excluding hydrogens is 455 g/mol. The molecule has 4 rings (SSSR count). The zero-order valence-electron chi connectivity index (χ0n) is 16.6. The number of halogens is 2. The van der Waals surface area contributed by atoms with Crippen molar-refractivity contribution in [2.24, 2.45) is 5.92 Å². The number of fused-ring (bicyclic) bond motifs is 1. The molecule has 1 aromatic heterocycles. The number of hydrogen-bond acceptors (Lipinski definition) is 5. The van der Waals surface area contributed by atoms with Gasteiger partial charge in [0, 0.05) is 10.0 Å². The molecule has 0 spiro atoms. The van der Waals surface area contributed by atoms with Gasteiger partial charge in [-0.1, -0.05) is 35.0 Å². The van der Waals surface area contributed by atoms with Gasteiger partial charge in [-0.2, -0.15) is 5.26 Å². The average molecular weight is 473 g/mol. The Balaban J connectivity index is 1.69. The van der Waals surface area contributed by atoms with Gasteiger partial charge < -0.3 is 5.32 Å². The van der Waals surface area contributed by atoms with Gasteiger partial charge in [-0.05, 0) is 68.1 Å². The largest absolute Gasteiger partial charge is 0.337 e. The lowest BCUT2D eigenvalue weighted by Gasteiger charge is -2.22. The molecule has 1 heterocycles. The molecule has 31 heavy (non-hydrogen) atoms. The number of amides is 1. The first kappa shape index (κ1) is 21.7. The SMILES string of the molecule is CC(C#N)(NC(=O)CSc1nc2cc(Cl)ccc2c(=O)n1-c1ccc(Cl)cc1)C1CC1. The molecule has 1 unspecified atom stereocenters. The number of benzene rings is 2. The van der Waals surface area contributed by atoms with Gasteiger partial charge in [-0.3, -0.25) is 14.2 Å². The number of carbonyl (C=O) groups is 1. The van der Waals surface area contributed by atoms with Crippen LogP contribution in [0, 0.1) is 17.2 Å². The summed E-state index contributed by atoms with van der Waals surface area (Å²) in [5, 5.41) is 14.1. The number of thioether (sulfide) groups is 1. The number of carbonyl (C=O) groups excluding carboxylic acids is 1. The zero-order chi connectivity index (χ0) is 22.2. The molecule has 9 heteroatoms.